The molecule has 2 aliphatic heterocycles. The van der Waals surface area contributed by atoms with Crippen molar-refractivity contribution in [2.24, 2.45) is 0 Å². The maximum absolute atomic E-state index is 13.7. The van der Waals surface area contributed by atoms with Gasteiger partial charge in [0.05, 0.1) is 12.6 Å². The molecule has 1 aromatic heterocycles. The SMILES string of the molecule is C=CCOc1cccc(C2C(=C([O-])c3ccc4c(c3)OCCO4)C(=O)C(=O)N2Cc2ccc[nH+]c2)c1. The van der Waals surface area contributed by atoms with Crippen LogP contribution in [0.3, 0.4) is 0 Å². The highest BCUT2D eigenvalue weighted by atomic mass is 16.6. The molecule has 0 radical (unpaired) electrons. The Morgan fingerprint density at radius 2 is 1.94 bits per heavy atom. The van der Waals surface area contributed by atoms with E-state index in [1.165, 1.54) is 4.90 Å². The molecule has 3 aromatic rings. The Morgan fingerprint density at radius 3 is 2.72 bits per heavy atom. The van der Waals surface area contributed by atoms with E-state index in [1.54, 1.807) is 67.0 Å². The van der Waals surface area contributed by atoms with E-state index in [4.69, 9.17) is 14.2 Å². The molecular formula is C28H24N2O6. The Labute approximate surface area is 208 Å². The number of aromatic nitrogens is 1. The number of hydrogen-bond donors (Lipinski definition) is 0. The number of fused-ring (bicyclic) bond motifs is 1. The highest BCUT2D eigenvalue weighted by Crippen LogP contribution is 2.41. The van der Waals surface area contributed by atoms with Crippen molar-refractivity contribution in [3.63, 3.8) is 0 Å². The van der Waals surface area contributed by atoms with E-state index in [-0.39, 0.29) is 17.7 Å². The first-order chi connectivity index (χ1) is 17.6. The third-order valence-electron chi connectivity index (χ3n) is 6.00. The first-order valence-corrected chi connectivity index (χ1v) is 11.5. The molecule has 0 saturated carbocycles. The van der Waals surface area contributed by atoms with Gasteiger partial charge in [0.2, 0.25) is 5.78 Å². The van der Waals surface area contributed by atoms with E-state index in [2.05, 4.69) is 11.6 Å². The lowest BCUT2D eigenvalue weighted by Gasteiger charge is -2.28. The average Bonchev–Trinajstić information content (AvgIpc) is 3.17. The third-order valence-corrected chi connectivity index (χ3v) is 6.00. The molecule has 182 valence electrons. The number of benzene rings is 2. The minimum atomic E-state index is -0.891. The van der Waals surface area contributed by atoms with Crippen LogP contribution in [0.15, 0.2) is 85.2 Å². The maximum atomic E-state index is 13.7. The fourth-order valence-corrected chi connectivity index (χ4v) is 4.38. The zero-order valence-corrected chi connectivity index (χ0v) is 19.4. The second kappa shape index (κ2) is 9.95. The number of amides is 1. The zero-order chi connectivity index (χ0) is 25.1. The summed E-state index contributed by atoms with van der Waals surface area (Å²) in [5, 5.41) is 13.7. The summed E-state index contributed by atoms with van der Waals surface area (Å²) in [5.74, 6) is -0.590. The lowest BCUT2D eigenvalue weighted by Crippen LogP contribution is -2.29. The fraction of sp³-hybridized carbons (Fsp3) is 0.179. The number of carbonyl (C=O) groups excluding carboxylic acids is 2. The monoisotopic (exact) mass is 484 g/mol. The summed E-state index contributed by atoms with van der Waals surface area (Å²) in [4.78, 5) is 30.9. The molecule has 8 heteroatoms. The summed E-state index contributed by atoms with van der Waals surface area (Å²) in [6, 6.07) is 14.6. The van der Waals surface area contributed by atoms with Crippen LogP contribution in [-0.4, -0.2) is 36.4 Å². The predicted molar refractivity (Wildman–Crippen MR) is 128 cm³/mol. The van der Waals surface area contributed by atoms with Gasteiger partial charge in [-0.2, -0.15) is 0 Å². The van der Waals surface area contributed by atoms with Gasteiger partial charge >= 0.3 is 0 Å². The molecule has 1 saturated heterocycles. The van der Waals surface area contributed by atoms with E-state index in [0.29, 0.717) is 42.6 Å². The molecule has 0 bridgehead atoms. The molecular weight excluding hydrogens is 460 g/mol. The van der Waals surface area contributed by atoms with Gasteiger partial charge in [-0.05, 0) is 41.5 Å². The predicted octanol–water partition coefficient (Wildman–Crippen LogP) is 2.26. The number of hydrogen-bond acceptors (Lipinski definition) is 6. The van der Waals surface area contributed by atoms with Crippen LogP contribution in [0.1, 0.15) is 22.7 Å². The molecule has 2 aromatic carbocycles. The highest BCUT2D eigenvalue weighted by Gasteiger charge is 2.44. The number of aromatic amines is 1. The summed E-state index contributed by atoms with van der Waals surface area (Å²) in [7, 11) is 0. The van der Waals surface area contributed by atoms with E-state index < -0.39 is 23.5 Å². The Bertz CT molecular complexity index is 1350. The number of likely N-dealkylation sites (tertiary alicyclic amines) is 1. The summed E-state index contributed by atoms with van der Waals surface area (Å²) in [6.45, 7) is 4.88. The topological polar surface area (TPSA) is 102 Å². The van der Waals surface area contributed by atoms with Gasteiger partial charge in [-0.1, -0.05) is 36.6 Å². The number of ketones is 1. The molecule has 2 aliphatic rings. The normalized spacial score (nSPS) is 18.2. The molecule has 0 aliphatic carbocycles. The van der Waals surface area contributed by atoms with Gasteiger partial charge in [-0.15, -0.1) is 0 Å². The van der Waals surface area contributed by atoms with Crippen LogP contribution in [0.2, 0.25) is 0 Å². The molecule has 36 heavy (non-hydrogen) atoms. The molecule has 1 atom stereocenters. The first-order valence-electron chi connectivity index (χ1n) is 11.5. The van der Waals surface area contributed by atoms with Gasteiger partial charge in [-0.25, -0.2) is 4.98 Å². The summed E-state index contributed by atoms with van der Waals surface area (Å²) >= 11 is 0. The van der Waals surface area contributed by atoms with E-state index >= 15 is 0 Å². The summed E-state index contributed by atoms with van der Waals surface area (Å²) < 4.78 is 16.8. The summed E-state index contributed by atoms with van der Waals surface area (Å²) in [6.07, 6.45) is 5.12. The number of H-pyrrole nitrogens is 1. The average molecular weight is 485 g/mol. The van der Waals surface area contributed by atoms with Crippen molar-refractivity contribution in [1.29, 1.82) is 0 Å². The number of ether oxygens (including phenoxy) is 3. The minimum absolute atomic E-state index is 0.113. The number of pyridine rings is 1. The van der Waals surface area contributed by atoms with Crippen molar-refractivity contribution in [3.05, 3.63) is 102 Å². The van der Waals surface area contributed by atoms with Crippen LogP contribution in [0.4, 0.5) is 0 Å². The quantitative estimate of drug-likeness (QED) is 0.221. The largest absolute Gasteiger partial charge is 0.872 e. The molecule has 1 N–H and O–H groups in total. The van der Waals surface area contributed by atoms with Gasteiger partial charge in [-0.3, -0.25) is 9.59 Å². The number of nitrogens with one attached hydrogen (secondary N) is 1. The molecule has 1 amide bonds. The van der Waals surface area contributed by atoms with Crippen LogP contribution in [0.25, 0.3) is 5.76 Å². The third kappa shape index (κ3) is 4.40. The van der Waals surface area contributed by atoms with Crippen LogP contribution < -0.4 is 24.3 Å². The van der Waals surface area contributed by atoms with Crippen molar-refractivity contribution in [3.8, 4) is 17.2 Å². The Morgan fingerprint density at radius 1 is 1.11 bits per heavy atom. The van der Waals surface area contributed by atoms with Crippen molar-refractivity contribution >= 4 is 17.4 Å². The molecule has 1 unspecified atom stereocenters. The van der Waals surface area contributed by atoms with Crippen molar-refractivity contribution < 1.29 is 33.9 Å². The smallest absolute Gasteiger partial charge is 0.295 e. The van der Waals surface area contributed by atoms with E-state index in [0.717, 1.165) is 5.56 Å². The van der Waals surface area contributed by atoms with Gasteiger partial charge in [0, 0.05) is 17.2 Å². The Balaban J connectivity index is 1.62. The fourth-order valence-electron chi connectivity index (χ4n) is 4.38. The second-order valence-electron chi connectivity index (χ2n) is 8.35. The van der Waals surface area contributed by atoms with E-state index in [1.807, 2.05) is 6.07 Å². The number of nitrogens with zero attached hydrogens (tertiary/aromatic N) is 1. The van der Waals surface area contributed by atoms with Crippen LogP contribution in [-0.2, 0) is 16.1 Å². The van der Waals surface area contributed by atoms with E-state index in [9.17, 15) is 14.7 Å². The lowest BCUT2D eigenvalue weighted by molar-refractivity contribution is -0.378. The second-order valence-corrected chi connectivity index (χ2v) is 8.35. The van der Waals surface area contributed by atoms with Gasteiger partial charge in [0.25, 0.3) is 5.91 Å². The Hall–Kier alpha value is -4.59. The molecule has 8 nitrogen and oxygen atoms in total. The molecule has 3 heterocycles. The van der Waals surface area contributed by atoms with Crippen LogP contribution in [0.5, 0.6) is 17.2 Å². The van der Waals surface area contributed by atoms with Crippen LogP contribution in [0, 0.1) is 0 Å². The molecule has 5 rings (SSSR count). The number of rotatable bonds is 7. The minimum Gasteiger partial charge on any atom is -0.872 e. The lowest BCUT2D eigenvalue weighted by atomic mass is 9.95. The summed E-state index contributed by atoms with van der Waals surface area (Å²) in [5.41, 5.74) is 1.51. The Kier molecular flexibility index (Phi) is 6.40. The molecule has 1 fully saturated rings. The standard InChI is InChI=1S/C28H24N2O6/c1-2-11-34-21-7-3-6-19(14-21)25-24(26(31)20-8-9-22-23(15-20)36-13-12-35-22)27(32)28(33)30(25)17-18-5-4-10-29-16-18/h2-10,14-16,25,31H,1,11-13,17H2. The number of carbonyl (C=O) groups is 2. The maximum Gasteiger partial charge on any atom is 0.295 e. The van der Waals surface area contributed by atoms with Gasteiger partial charge in [0.15, 0.2) is 23.9 Å². The molecule has 0 spiro atoms. The highest BCUT2D eigenvalue weighted by molar-refractivity contribution is 6.46. The number of Topliss-reactive ketones (excluding diaryl/α,β-unsaturated/α-hetero) is 1. The van der Waals surface area contributed by atoms with Crippen molar-refractivity contribution in [1.82, 2.24) is 4.90 Å². The van der Waals surface area contributed by atoms with Crippen molar-refractivity contribution in [2.75, 3.05) is 19.8 Å². The first kappa shape index (κ1) is 23.2. The van der Waals surface area contributed by atoms with Gasteiger partial charge in [0.1, 0.15) is 25.6 Å². The zero-order valence-electron chi connectivity index (χ0n) is 19.4. The van der Waals surface area contributed by atoms with Gasteiger partial charge < -0.3 is 24.2 Å². The van der Waals surface area contributed by atoms with Crippen molar-refractivity contribution in [2.45, 2.75) is 12.6 Å². The van der Waals surface area contributed by atoms with Crippen LogP contribution >= 0.6 is 0 Å².